The molecular weight excluding hydrogens is 281 g/mol. The molecule has 1 aromatic rings. The molecule has 0 aliphatic rings. The zero-order valence-electron chi connectivity index (χ0n) is 7.96. The lowest BCUT2D eigenvalue weighted by Crippen LogP contribution is -2.24. The summed E-state index contributed by atoms with van der Waals surface area (Å²) in [6.45, 7) is 0.541. The highest BCUT2D eigenvalue weighted by molar-refractivity contribution is 9.10. The third-order valence-corrected chi connectivity index (χ3v) is 2.74. The van der Waals surface area contributed by atoms with Crippen LogP contribution in [0.15, 0.2) is 22.7 Å². The largest absolute Gasteiger partial charge is 0.507 e. The van der Waals surface area contributed by atoms with Crippen LogP contribution in [0.2, 0.25) is 0 Å². The normalized spacial score (nSPS) is 10.0. The molecule has 0 aliphatic carbocycles. The fourth-order valence-electron chi connectivity index (χ4n) is 1.02. The Morgan fingerprint density at radius 1 is 1.53 bits per heavy atom. The second-order valence-corrected chi connectivity index (χ2v) is 4.20. The van der Waals surface area contributed by atoms with Crippen LogP contribution in [0.5, 0.6) is 5.75 Å². The molecule has 0 spiro atoms. The maximum Gasteiger partial charge on any atom is 0.251 e. The van der Waals surface area contributed by atoms with Crippen LogP contribution in [0.25, 0.3) is 0 Å². The summed E-state index contributed by atoms with van der Waals surface area (Å²) in [7, 11) is 0. The SMILES string of the molecule is O=C(NCCCCl)c1ccc(Br)c(O)c1. The van der Waals surface area contributed by atoms with Crippen LogP contribution in [-0.4, -0.2) is 23.4 Å². The molecule has 1 amide bonds. The first-order chi connectivity index (χ1) is 7.15. The average Bonchev–Trinajstić information content (AvgIpc) is 2.22. The summed E-state index contributed by atoms with van der Waals surface area (Å²) in [6, 6.07) is 4.69. The number of nitrogens with one attached hydrogen (secondary N) is 1. The summed E-state index contributed by atoms with van der Waals surface area (Å²) in [5, 5.41) is 12.1. The number of aromatic hydroxyl groups is 1. The van der Waals surface area contributed by atoms with Crippen molar-refractivity contribution in [3.8, 4) is 5.75 Å². The van der Waals surface area contributed by atoms with Crippen molar-refractivity contribution in [1.29, 1.82) is 0 Å². The van der Waals surface area contributed by atoms with E-state index in [2.05, 4.69) is 21.2 Å². The van der Waals surface area contributed by atoms with E-state index in [1.54, 1.807) is 12.1 Å². The third kappa shape index (κ3) is 3.72. The maximum atomic E-state index is 11.5. The Labute approximate surface area is 102 Å². The molecule has 3 nitrogen and oxygen atoms in total. The minimum atomic E-state index is -0.206. The second-order valence-electron chi connectivity index (χ2n) is 2.96. The van der Waals surface area contributed by atoms with E-state index in [4.69, 9.17) is 11.6 Å². The first-order valence-electron chi connectivity index (χ1n) is 4.48. The minimum absolute atomic E-state index is 0.0555. The fraction of sp³-hybridized carbons (Fsp3) is 0.300. The predicted molar refractivity (Wildman–Crippen MR) is 63.5 cm³/mol. The van der Waals surface area contributed by atoms with Crippen molar-refractivity contribution in [1.82, 2.24) is 5.32 Å². The van der Waals surface area contributed by atoms with E-state index in [1.165, 1.54) is 6.07 Å². The van der Waals surface area contributed by atoms with Crippen molar-refractivity contribution in [3.05, 3.63) is 28.2 Å². The van der Waals surface area contributed by atoms with E-state index < -0.39 is 0 Å². The van der Waals surface area contributed by atoms with Gasteiger partial charge in [0, 0.05) is 18.0 Å². The molecule has 0 radical (unpaired) electrons. The summed E-state index contributed by atoms with van der Waals surface area (Å²) in [6.07, 6.45) is 0.732. The molecule has 2 N–H and O–H groups in total. The lowest BCUT2D eigenvalue weighted by molar-refractivity contribution is 0.0953. The Morgan fingerprint density at radius 2 is 2.27 bits per heavy atom. The van der Waals surface area contributed by atoms with Gasteiger partial charge in [0.2, 0.25) is 0 Å². The molecule has 1 aromatic carbocycles. The van der Waals surface area contributed by atoms with Crippen LogP contribution >= 0.6 is 27.5 Å². The van der Waals surface area contributed by atoms with Crippen molar-refractivity contribution in [2.45, 2.75) is 6.42 Å². The van der Waals surface area contributed by atoms with E-state index in [0.29, 0.717) is 22.5 Å². The van der Waals surface area contributed by atoms with Gasteiger partial charge in [0.25, 0.3) is 5.91 Å². The number of hydrogen-bond donors (Lipinski definition) is 2. The highest BCUT2D eigenvalue weighted by atomic mass is 79.9. The van der Waals surface area contributed by atoms with Gasteiger partial charge < -0.3 is 10.4 Å². The van der Waals surface area contributed by atoms with Gasteiger partial charge in [0.05, 0.1) is 4.47 Å². The van der Waals surface area contributed by atoms with Gasteiger partial charge >= 0.3 is 0 Å². The highest BCUT2D eigenvalue weighted by Crippen LogP contribution is 2.24. The van der Waals surface area contributed by atoms with E-state index in [1.807, 2.05) is 0 Å². The lowest BCUT2D eigenvalue weighted by Gasteiger charge is -2.04. The lowest BCUT2D eigenvalue weighted by atomic mass is 10.2. The van der Waals surface area contributed by atoms with Gasteiger partial charge in [-0.15, -0.1) is 11.6 Å². The van der Waals surface area contributed by atoms with Crippen LogP contribution in [0.1, 0.15) is 16.8 Å². The number of hydrogen-bond acceptors (Lipinski definition) is 2. The van der Waals surface area contributed by atoms with Gasteiger partial charge in [-0.05, 0) is 40.5 Å². The molecular formula is C10H11BrClNO2. The Kier molecular flexibility index (Phi) is 4.91. The minimum Gasteiger partial charge on any atom is -0.507 e. The van der Waals surface area contributed by atoms with Crippen LogP contribution in [0.4, 0.5) is 0 Å². The first kappa shape index (κ1) is 12.3. The molecule has 0 saturated carbocycles. The van der Waals surface area contributed by atoms with Gasteiger partial charge in [-0.2, -0.15) is 0 Å². The van der Waals surface area contributed by atoms with E-state index >= 15 is 0 Å². The van der Waals surface area contributed by atoms with Gasteiger partial charge in [0.15, 0.2) is 0 Å². The first-order valence-corrected chi connectivity index (χ1v) is 5.80. The van der Waals surface area contributed by atoms with Gasteiger partial charge in [0.1, 0.15) is 5.75 Å². The monoisotopic (exact) mass is 291 g/mol. The average molecular weight is 293 g/mol. The van der Waals surface area contributed by atoms with Gasteiger partial charge in [-0.1, -0.05) is 0 Å². The Morgan fingerprint density at radius 3 is 2.87 bits per heavy atom. The Bertz CT molecular complexity index is 357. The summed E-state index contributed by atoms with van der Waals surface area (Å²) in [4.78, 5) is 11.5. The molecule has 0 unspecified atom stereocenters. The number of carbonyl (C=O) groups excluding carboxylic acids is 1. The predicted octanol–water partition coefficient (Wildman–Crippen LogP) is 2.51. The third-order valence-electron chi connectivity index (χ3n) is 1.80. The van der Waals surface area contributed by atoms with E-state index in [9.17, 15) is 9.90 Å². The number of alkyl halides is 1. The highest BCUT2D eigenvalue weighted by Gasteiger charge is 2.06. The van der Waals surface area contributed by atoms with Crippen LogP contribution < -0.4 is 5.32 Å². The number of rotatable bonds is 4. The number of benzene rings is 1. The summed E-state index contributed by atoms with van der Waals surface area (Å²) in [5.41, 5.74) is 0.435. The van der Waals surface area contributed by atoms with Crippen molar-refractivity contribution < 1.29 is 9.90 Å². The number of phenols is 1. The maximum absolute atomic E-state index is 11.5. The second kappa shape index (κ2) is 5.98. The molecule has 15 heavy (non-hydrogen) atoms. The molecule has 0 aliphatic heterocycles. The molecule has 0 bridgehead atoms. The number of amides is 1. The van der Waals surface area contributed by atoms with E-state index in [0.717, 1.165) is 6.42 Å². The standard InChI is InChI=1S/C10H11BrClNO2/c11-8-3-2-7(6-9(8)14)10(15)13-5-1-4-12/h2-3,6,14H,1,4-5H2,(H,13,15). The van der Waals surface area contributed by atoms with Crippen molar-refractivity contribution in [3.63, 3.8) is 0 Å². The fourth-order valence-corrected chi connectivity index (χ4v) is 1.40. The van der Waals surface area contributed by atoms with Crippen LogP contribution in [-0.2, 0) is 0 Å². The van der Waals surface area contributed by atoms with Crippen molar-refractivity contribution >= 4 is 33.4 Å². The van der Waals surface area contributed by atoms with Crippen molar-refractivity contribution in [2.75, 3.05) is 12.4 Å². The smallest absolute Gasteiger partial charge is 0.251 e. The Hall–Kier alpha value is -0.740. The zero-order valence-corrected chi connectivity index (χ0v) is 10.3. The summed E-state index contributed by atoms with van der Waals surface area (Å²) >= 11 is 8.62. The molecule has 0 heterocycles. The van der Waals surface area contributed by atoms with Crippen molar-refractivity contribution in [2.24, 2.45) is 0 Å². The molecule has 0 fully saturated rings. The number of halogens is 2. The molecule has 0 atom stereocenters. The number of phenolic OH excluding ortho intramolecular Hbond substituents is 1. The molecule has 0 aromatic heterocycles. The molecule has 5 heteroatoms. The van der Waals surface area contributed by atoms with E-state index in [-0.39, 0.29) is 11.7 Å². The molecule has 0 saturated heterocycles. The zero-order chi connectivity index (χ0) is 11.3. The van der Waals surface area contributed by atoms with Gasteiger partial charge in [-0.3, -0.25) is 4.79 Å². The topological polar surface area (TPSA) is 49.3 Å². The quantitative estimate of drug-likeness (QED) is 0.662. The van der Waals surface area contributed by atoms with Crippen LogP contribution in [0, 0.1) is 0 Å². The molecule has 82 valence electrons. The van der Waals surface area contributed by atoms with Crippen LogP contribution in [0.3, 0.4) is 0 Å². The summed E-state index contributed by atoms with van der Waals surface area (Å²) < 4.78 is 0.569. The van der Waals surface area contributed by atoms with Gasteiger partial charge in [-0.25, -0.2) is 0 Å². The molecule has 1 rings (SSSR count). The Balaban J connectivity index is 2.62. The summed E-state index contributed by atoms with van der Waals surface area (Å²) in [5.74, 6) is 0.370. The number of carbonyl (C=O) groups is 1.